The number of benzene rings is 3. The minimum absolute atomic E-state index is 0.0520. The average molecular weight is 490 g/mol. The van der Waals surface area contributed by atoms with E-state index in [4.69, 9.17) is 4.74 Å². The van der Waals surface area contributed by atoms with Gasteiger partial charge < -0.3 is 4.74 Å². The number of rotatable bonds is 8. The van der Waals surface area contributed by atoms with Crippen molar-refractivity contribution in [2.45, 2.75) is 12.3 Å². The molecular formula is C28H28FN3O2S. The summed E-state index contributed by atoms with van der Waals surface area (Å²) in [6.07, 6.45) is 0.792. The summed E-state index contributed by atoms with van der Waals surface area (Å²) in [6.45, 7) is 4.66. The number of thiazole rings is 1. The molecule has 0 spiro atoms. The first kappa shape index (κ1) is 23.6. The molecule has 4 aromatic rings. The van der Waals surface area contributed by atoms with Gasteiger partial charge in [0.1, 0.15) is 11.3 Å². The van der Waals surface area contributed by atoms with Crippen LogP contribution in [0.4, 0.5) is 9.52 Å². The molecule has 1 amide bonds. The SMILES string of the molecule is O=C(C(c1ccccc1)c1ccccc1)N(CCCN1CCOCC1)c1nc2c(F)cccc2s1. The normalized spacial score (nSPS) is 14.5. The van der Waals surface area contributed by atoms with Gasteiger partial charge in [-0.1, -0.05) is 78.1 Å². The third kappa shape index (κ3) is 5.42. The maximum atomic E-state index is 14.5. The highest BCUT2D eigenvalue weighted by Gasteiger charge is 2.30. The molecule has 35 heavy (non-hydrogen) atoms. The van der Waals surface area contributed by atoms with Crippen LogP contribution >= 0.6 is 11.3 Å². The zero-order valence-corrected chi connectivity index (χ0v) is 20.3. The zero-order chi connectivity index (χ0) is 24.0. The van der Waals surface area contributed by atoms with Crippen molar-refractivity contribution >= 4 is 32.6 Å². The van der Waals surface area contributed by atoms with E-state index >= 15 is 0 Å². The van der Waals surface area contributed by atoms with E-state index in [-0.39, 0.29) is 11.7 Å². The number of nitrogens with zero attached hydrogens (tertiary/aromatic N) is 3. The van der Waals surface area contributed by atoms with Crippen molar-refractivity contribution in [1.29, 1.82) is 0 Å². The number of morpholine rings is 1. The Balaban J connectivity index is 1.49. The first-order valence-electron chi connectivity index (χ1n) is 12.0. The number of halogens is 1. The van der Waals surface area contributed by atoms with Crippen LogP contribution in [0.15, 0.2) is 78.9 Å². The lowest BCUT2D eigenvalue weighted by molar-refractivity contribution is -0.119. The molecule has 1 aromatic heterocycles. The van der Waals surface area contributed by atoms with Gasteiger partial charge in [0, 0.05) is 26.2 Å². The van der Waals surface area contributed by atoms with Crippen LogP contribution in [0.25, 0.3) is 10.2 Å². The number of ether oxygens (including phenoxy) is 1. The molecule has 1 aliphatic rings. The second kappa shape index (κ2) is 11.1. The van der Waals surface area contributed by atoms with Gasteiger partial charge in [0.05, 0.1) is 23.8 Å². The van der Waals surface area contributed by atoms with E-state index in [0.717, 1.165) is 55.1 Å². The smallest absolute Gasteiger partial charge is 0.240 e. The molecule has 1 saturated heterocycles. The molecule has 0 aliphatic carbocycles. The van der Waals surface area contributed by atoms with Crippen molar-refractivity contribution in [1.82, 2.24) is 9.88 Å². The molecule has 1 aliphatic heterocycles. The molecule has 0 bridgehead atoms. The van der Waals surface area contributed by atoms with Gasteiger partial charge in [0.15, 0.2) is 5.13 Å². The fraction of sp³-hybridized carbons (Fsp3) is 0.286. The van der Waals surface area contributed by atoms with E-state index in [2.05, 4.69) is 9.88 Å². The van der Waals surface area contributed by atoms with E-state index in [9.17, 15) is 9.18 Å². The maximum Gasteiger partial charge on any atom is 0.240 e. The molecule has 0 unspecified atom stereocenters. The van der Waals surface area contributed by atoms with Crippen molar-refractivity contribution < 1.29 is 13.9 Å². The summed E-state index contributed by atoms with van der Waals surface area (Å²) in [6, 6.07) is 24.6. The Kier molecular flexibility index (Phi) is 7.47. The fourth-order valence-corrected chi connectivity index (χ4v) is 5.53. The summed E-state index contributed by atoms with van der Waals surface area (Å²) in [5.74, 6) is -0.894. The molecule has 0 saturated carbocycles. The average Bonchev–Trinajstić information content (AvgIpc) is 3.34. The number of carbonyl (C=O) groups is 1. The van der Waals surface area contributed by atoms with Crippen molar-refractivity contribution in [3.05, 3.63) is 95.8 Å². The summed E-state index contributed by atoms with van der Waals surface area (Å²) in [5, 5.41) is 0.536. The number of fused-ring (bicyclic) bond motifs is 1. The van der Waals surface area contributed by atoms with E-state index in [1.54, 1.807) is 11.0 Å². The molecule has 0 atom stereocenters. The predicted octanol–water partition coefficient (Wildman–Crippen LogP) is 5.32. The van der Waals surface area contributed by atoms with E-state index in [1.165, 1.54) is 17.4 Å². The molecule has 5 nitrogen and oxygen atoms in total. The Morgan fingerprint density at radius 3 is 2.26 bits per heavy atom. The van der Waals surface area contributed by atoms with Crippen LogP contribution in [-0.2, 0) is 9.53 Å². The number of para-hydroxylation sites is 1. The number of aromatic nitrogens is 1. The third-order valence-corrected chi connectivity index (χ3v) is 7.37. The van der Waals surface area contributed by atoms with Gasteiger partial charge in [-0.15, -0.1) is 0 Å². The lowest BCUT2D eigenvalue weighted by atomic mass is 9.90. The van der Waals surface area contributed by atoms with Crippen molar-refractivity contribution in [3.63, 3.8) is 0 Å². The largest absolute Gasteiger partial charge is 0.379 e. The van der Waals surface area contributed by atoms with E-state index in [1.807, 2.05) is 66.7 Å². The summed E-state index contributed by atoms with van der Waals surface area (Å²) in [7, 11) is 0. The maximum absolute atomic E-state index is 14.5. The van der Waals surface area contributed by atoms with Crippen LogP contribution in [-0.4, -0.2) is 55.2 Å². The van der Waals surface area contributed by atoms with Gasteiger partial charge in [-0.3, -0.25) is 14.6 Å². The second-order valence-corrected chi connectivity index (χ2v) is 9.64. The molecule has 0 N–H and O–H groups in total. The number of hydrogen-bond acceptors (Lipinski definition) is 5. The van der Waals surface area contributed by atoms with Crippen LogP contribution in [0.2, 0.25) is 0 Å². The zero-order valence-electron chi connectivity index (χ0n) is 19.5. The summed E-state index contributed by atoms with van der Waals surface area (Å²) >= 11 is 1.36. The van der Waals surface area contributed by atoms with Crippen molar-refractivity contribution in [3.8, 4) is 0 Å². The molecule has 180 valence electrons. The molecule has 5 rings (SSSR count). The minimum Gasteiger partial charge on any atom is -0.379 e. The number of anilines is 1. The monoisotopic (exact) mass is 489 g/mol. The number of hydrogen-bond donors (Lipinski definition) is 0. The predicted molar refractivity (Wildman–Crippen MR) is 139 cm³/mol. The highest BCUT2D eigenvalue weighted by atomic mass is 32.1. The highest BCUT2D eigenvalue weighted by Crippen LogP contribution is 2.34. The topological polar surface area (TPSA) is 45.7 Å². The van der Waals surface area contributed by atoms with Gasteiger partial charge >= 0.3 is 0 Å². The van der Waals surface area contributed by atoms with Gasteiger partial charge in [0.2, 0.25) is 5.91 Å². The summed E-state index contributed by atoms with van der Waals surface area (Å²) in [5.41, 5.74) is 2.16. The first-order valence-corrected chi connectivity index (χ1v) is 12.8. The van der Waals surface area contributed by atoms with Gasteiger partial charge in [0.25, 0.3) is 0 Å². The number of carbonyl (C=O) groups excluding carboxylic acids is 1. The Bertz CT molecular complexity index is 1220. The Hall–Kier alpha value is -3.13. The quantitative estimate of drug-likeness (QED) is 0.336. The third-order valence-electron chi connectivity index (χ3n) is 6.33. The fourth-order valence-electron chi connectivity index (χ4n) is 4.52. The van der Waals surface area contributed by atoms with Crippen LogP contribution in [0.5, 0.6) is 0 Å². The lowest BCUT2D eigenvalue weighted by Gasteiger charge is -2.29. The van der Waals surface area contributed by atoms with Crippen molar-refractivity contribution in [2.75, 3.05) is 44.3 Å². The van der Waals surface area contributed by atoms with Gasteiger partial charge in [-0.05, 0) is 29.7 Å². The van der Waals surface area contributed by atoms with Gasteiger partial charge in [-0.2, -0.15) is 0 Å². The van der Waals surface area contributed by atoms with Gasteiger partial charge in [-0.25, -0.2) is 9.37 Å². The van der Waals surface area contributed by atoms with Crippen LogP contribution < -0.4 is 4.90 Å². The summed E-state index contributed by atoms with van der Waals surface area (Å²) < 4.78 is 20.7. The molecule has 3 aromatic carbocycles. The molecule has 7 heteroatoms. The second-order valence-electron chi connectivity index (χ2n) is 8.63. The lowest BCUT2D eigenvalue weighted by Crippen LogP contribution is -2.40. The molecule has 1 fully saturated rings. The van der Waals surface area contributed by atoms with Crippen LogP contribution in [0.3, 0.4) is 0 Å². The molecular weight excluding hydrogens is 461 g/mol. The van der Waals surface area contributed by atoms with E-state index < -0.39 is 5.92 Å². The van der Waals surface area contributed by atoms with Crippen molar-refractivity contribution in [2.24, 2.45) is 0 Å². The van der Waals surface area contributed by atoms with Crippen LogP contribution in [0, 0.1) is 5.82 Å². The van der Waals surface area contributed by atoms with E-state index in [0.29, 0.717) is 17.2 Å². The highest BCUT2D eigenvalue weighted by molar-refractivity contribution is 7.22. The Morgan fingerprint density at radius 2 is 1.63 bits per heavy atom. The minimum atomic E-state index is -0.474. The first-order chi connectivity index (χ1) is 17.2. The number of amides is 1. The Morgan fingerprint density at radius 1 is 0.971 bits per heavy atom. The molecule has 2 heterocycles. The summed E-state index contributed by atoms with van der Waals surface area (Å²) in [4.78, 5) is 23.0. The molecule has 0 radical (unpaired) electrons. The standard InChI is InChI=1S/C28H28FN3O2S/c29-23-13-7-14-24-26(23)30-28(35-24)32(16-8-15-31-17-19-34-20-18-31)27(33)25(21-9-3-1-4-10-21)22-11-5-2-6-12-22/h1-7,9-14,25H,8,15-20H2. The van der Waals surface area contributed by atoms with Crippen LogP contribution in [0.1, 0.15) is 23.5 Å². The Labute approximate surface area is 208 Å².